The molecule has 1 N–H and O–H groups in total. The number of carbonyl (C=O) groups is 1. The Kier molecular flexibility index (Phi) is 3.82. The summed E-state index contributed by atoms with van der Waals surface area (Å²) in [4.78, 5) is 12.7. The summed E-state index contributed by atoms with van der Waals surface area (Å²) in [5, 5.41) is 2.87. The number of hydrogen-bond acceptors (Lipinski definition) is 2. The first-order chi connectivity index (χ1) is 12.2. The molecule has 1 amide bonds. The first-order valence-corrected chi connectivity index (χ1v) is 7.88. The number of aromatic nitrogens is 1. The second kappa shape index (κ2) is 6.28. The van der Waals surface area contributed by atoms with E-state index in [4.69, 9.17) is 4.42 Å². The van der Waals surface area contributed by atoms with Crippen molar-refractivity contribution < 1.29 is 13.6 Å². The number of benzene rings is 2. The Balaban J connectivity index is 1.71. The maximum absolute atomic E-state index is 13.5. The molecule has 0 aliphatic carbocycles. The lowest BCUT2D eigenvalue weighted by atomic mass is 10.2. The average molecular weight is 334 g/mol. The van der Waals surface area contributed by atoms with Crippen LogP contribution in [-0.4, -0.2) is 10.5 Å². The van der Waals surface area contributed by atoms with Gasteiger partial charge < -0.3 is 14.3 Å². The minimum atomic E-state index is -0.302. The number of amides is 1. The Morgan fingerprint density at radius 1 is 1.04 bits per heavy atom. The summed E-state index contributed by atoms with van der Waals surface area (Å²) in [6.45, 7) is 0.373. The van der Waals surface area contributed by atoms with Gasteiger partial charge in [0.15, 0.2) is 5.58 Å². The van der Waals surface area contributed by atoms with Crippen LogP contribution in [0.2, 0.25) is 0 Å². The zero-order valence-corrected chi connectivity index (χ0v) is 13.3. The molecule has 5 heteroatoms. The van der Waals surface area contributed by atoms with E-state index in [2.05, 4.69) is 5.32 Å². The second-order valence-corrected chi connectivity index (χ2v) is 5.74. The van der Waals surface area contributed by atoms with Crippen molar-refractivity contribution in [3.63, 3.8) is 0 Å². The van der Waals surface area contributed by atoms with Gasteiger partial charge in [0.05, 0.1) is 11.8 Å². The first-order valence-electron chi connectivity index (χ1n) is 7.88. The SMILES string of the molecule is O=C(Nc1ccccc1)c1cc2occc2n1Cc1cccc(F)c1. The molecule has 0 aliphatic rings. The second-order valence-electron chi connectivity index (χ2n) is 5.74. The summed E-state index contributed by atoms with van der Waals surface area (Å²) in [5.74, 6) is -0.544. The minimum Gasteiger partial charge on any atom is -0.463 e. The molecule has 0 saturated carbocycles. The van der Waals surface area contributed by atoms with Gasteiger partial charge in [-0.15, -0.1) is 0 Å². The van der Waals surface area contributed by atoms with Crippen LogP contribution in [0.4, 0.5) is 10.1 Å². The molecule has 0 radical (unpaired) electrons. The molecule has 2 heterocycles. The number of anilines is 1. The highest BCUT2D eigenvalue weighted by atomic mass is 19.1. The molecule has 0 unspecified atom stereocenters. The van der Waals surface area contributed by atoms with Crippen LogP contribution >= 0.6 is 0 Å². The van der Waals surface area contributed by atoms with Gasteiger partial charge in [0.2, 0.25) is 0 Å². The molecule has 4 nitrogen and oxygen atoms in total. The van der Waals surface area contributed by atoms with E-state index in [9.17, 15) is 9.18 Å². The van der Waals surface area contributed by atoms with Crippen molar-refractivity contribution in [1.82, 2.24) is 4.57 Å². The number of para-hydroxylation sites is 1. The van der Waals surface area contributed by atoms with Crippen molar-refractivity contribution >= 4 is 22.7 Å². The lowest BCUT2D eigenvalue weighted by Crippen LogP contribution is -2.17. The monoisotopic (exact) mass is 334 g/mol. The predicted molar refractivity (Wildman–Crippen MR) is 94.1 cm³/mol. The number of fused-ring (bicyclic) bond motifs is 1. The molecule has 2 aromatic heterocycles. The molecule has 0 fully saturated rings. The smallest absolute Gasteiger partial charge is 0.272 e. The predicted octanol–water partition coefficient (Wildman–Crippen LogP) is 4.67. The van der Waals surface area contributed by atoms with Crippen molar-refractivity contribution in [2.75, 3.05) is 5.32 Å². The van der Waals surface area contributed by atoms with E-state index in [0.29, 0.717) is 23.5 Å². The Bertz CT molecular complexity index is 1030. The van der Waals surface area contributed by atoms with Crippen molar-refractivity contribution in [3.8, 4) is 0 Å². The maximum Gasteiger partial charge on any atom is 0.272 e. The average Bonchev–Trinajstić information content (AvgIpc) is 3.19. The quantitative estimate of drug-likeness (QED) is 0.589. The normalized spacial score (nSPS) is 10.9. The lowest BCUT2D eigenvalue weighted by Gasteiger charge is -2.11. The lowest BCUT2D eigenvalue weighted by molar-refractivity contribution is 0.101. The highest BCUT2D eigenvalue weighted by molar-refractivity contribution is 6.05. The third-order valence-electron chi connectivity index (χ3n) is 4.02. The third-order valence-corrected chi connectivity index (χ3v) is 4.02. The summed E-state index contributed by atoms with van der Waals surface area (Å²) in [6.07, 6.45) is 1.58. The Hall–Kier alpha value is -3.34. The number of rotatable bonds is 4. The standard InChI is InChI=1S/C20H15FN2O2/c21-15-6-4-5-14(11-15)13-23-17-9-10-25-19(17)12-18(23)20(24)22-16-7-2-1-3-8-16/h1-12H,13H2,(H,22,24). The van der Waals surface area contributed by atoms with Gasteiger partial charge in [-0.25, -0.2) is 4.39 Å². The molecule has 4 rings (SSSR count). The fraction of sp³-hybridized carbons (Fsp3) is 0.0500. The van der Waals surface area contributed by atoms with Gasteiger partial charge in [-0.2, -0.15) is 0 Å². The Morgan fingerprint density at radius 2 is 1.88 bits per heavy atom. The van der Waals surface area contributed by atoms with Gasteiger partial charge in [-0.3, -0.25) is 4.79 Å². The zero-order chi connectivity index (χ0) is 17.2. The van der Waals surface area contributed by atoms with Crippen LogP contribution in [0.25, 0.3) is 11.1 Å². The van der Waals surface area contributed by atoms with Crippen LogP contribution in [0.1, 0.15) is 16.1 Å². The van der Waals surface area contributed by atoms with Crippen LogP contribution in [0.15, 0.2) is 77.4 Å². The van der Waals surface area contributed by atoms with Crippen LogP contribution in [0.3, 0.4) is 0 Å². The molecular formula is C20H15FN2O2. The third kappa shape index (κ3) is 3.04. The van der Waals surface area contributed by atoms with Gasteiger partial charge in [-0.05, 0) is 29.8 Å². The number of hydrogen-bond donors (Lipinski definition) is 1. The van der Waals surface area contributed by atoms with Crippen molar-refractivity contribution in [1.29, 1.82) is 0 Å². The van der Waals surface area contributed by atoms with Crippen molar-refractivity contribution in [3.05, 3.63) is 90.1 Å². The first kappa shape index (κ1) is 15.2. The van der Waals surface area contributed by atoms with Crippen LogP contribution < -0.4 is 5.32 Å². The van der Waals surface area contributed by atoms with Gasteiger partial charge in [0.1, 0.15) is 11.5 Å². The number of halogens is 1. The molecule has 124 valence electrons. The van der Waals surface area contributed by atoms with Crippen LogP contribution in [-0.2, 0) is 6.54 Å². The van der Waals surface area contributed by atoms with E-state index in [1.165, 1.54) is 12.1 Å². The van der Waals surface area contributed by atoms with E-state index in [0.717, 1.165) is 11.1 Å². The summed E-state index contributed by atoms with van der Waals surface area (Å²) in [6, 6.07) is 19.1. The number of nitrogens with zero attached hydrogens (tertiary/aromatic N) is 1. The van der Waals surface area contributed by atoms with E-state index in [-0.39, 0.29) is 11.7 Å². The van der Waals surface area contributed by atoms with E-state index in [1.54, 1.807) is 24.5 Å². The summed E-state index contributed by atoms with van der Waals surface area (Å²) < 4.78 is 20.7. The molecule has 0 bridgehead atoms. The van der Waals surface area contributed by atoms with Gasteiger partial charge >= 0.3 is 0 Å². The van der Waals surface area contributed by atoms with Gasteiger partial charge in [-0.1, -0.05) is 30.3 Å². The van der Waals surface area contributed by atoms with E-state index < -0.39 is 0 Å². The fourth-order valence-electron chi connectivity index (χ4n) is 2.87. The molecule has 0 spiro atoms. The molecule has 0 saturated heterocycles. The van der Waals surface area contributed by atoms with Gasteiger partial charge in [0, 0.05) is 24.4 Å². The molecule has 25 heavy (non-hydrogen) atoms. The highest BCUT2D eigenvalue weighted by Crippen LogP contribution is 2.23. The zero-order valence-electron chi connectivity index (χ0n) is 13.3. The number of nitrogens with one attached hydrogen (secondary N) is 1. The largest absolute Gasteiger partial charge is 0.463 e. The molecular weight excluding hydrogens is 319 g/mol. The molecule has 2 aromatic carbocycles. The van der Waals surface area contributed by atoms with Crippen LogP contribution in [0.5, 0.6) is 0 Å². The van der Waals surface area contributed by atoms with E-state index in [1.807, 2.05) is 41.0 Å². The molecule has 4 aromatic rings. The molecule has 0 aliphatic heterocycles. The van der Waals surface area contributed by atoms with Gasteiger partial charge in [0.25, 0.3) is 5.91 Å². The number of carbonyl (C=O) groups excluding carboxylic acids is 1. The summed E-state index contributed by atoms with van der Waals surface area (Å²) in [7, 11) is 0. The van der Waals surface area contributed by atoms with Crippen molar-refractivity contribution in [2.45, 2.75) is 6.54 Å². The molecule has 0 atom stereocenters. The van der Waals surface area contributed by atoms with E-state index >= 15 is 0 Å². The Morgan fingerprint density at radius 3 is 2.68 bits per heavy atom. The summed E-state index contributed by atoms with van der Waals surface area (Å²) >= 11 is 0. The van der Waals surface area contributed by atoms with Crippen molar-refractivity contribution in [2.24, 2.45) is 0 Å². The maximum atomic E-state index is 13.5. The minimum absolute atomic E-state index is 0.242. The highest BCUT2D eigenvalue weighted by Gasteiger charge is 2.18. The summed E-state index contributed by atoms with van der Waals surface area (Å²) in [5.41, 5.74) is 3.36. The topological polar surface area (TPSA) is 47.2 Å². The Labute approximate surface area is 143 Å². The number of furan rings is 1. The fourth-order valence-corrected chi connectivity index (χ4v) is 2.87. The van der Waals surface area contributed by atoms with Crippen LogP contribution in [0, 0.1) is 5.82 Å².